The number of amides is 2. The fraction of sp³-hybridized carbons (Fsp3) is 0.167. The van der Waals surface area contributed by atoms with E-state index in [0.717, 1.165) is 5.56 Å². The fourth-order valence-electron chi connectivity index (χ4n) is 1.84. The van der Waals surface area contributed by atoms with Crippen LogP contribution in [-0.2, 0) is 4.79 Å². The molecule has 0 fully saturated rings. The summed E-state index contributed by atoms with van der Waals surface area (Å²) < 4.78 is 0. The lowest BCUT2D eigenvalue weighted by molar-refractivity contribution is -0.115. The van der Waals surface area contributed by atoms with Gasteiger partial charge in [-0.25, -0.2) is 5.43 Å². The molecule has 0 saturated heterocycles. The Hall–Kier alpha value is -2.95. The molecule has 2 rings (SSSR count). The van der Waals surface area contributed by atoms with Crippen molar-refractivity contribution in [2.45, 2.75) is 20.3 Å². The summed E-state index contributed by atoms with van der Waals surface area (Å²) in [6.07, 6.45) is 2.00. The third-order valence-electron chi connectivity index (χ3n) is 3.21. The molecule has 0 atom stereocenters. The van der Waals surface area contributed by atoms with Crippen molar-refractivity contribution in [2.24, 2.45) is 5.10 Å². The Morgan fingerprint density at radius 1 is 1.04 bits per heavy atom. The van der Waals surface area contributed by atoms with Gasteiger partial charge in [0.05, 0.1) is 6.21 Å². The lowest BCUT2D eigenvalue weighted by Gasteiger charge is -2.04. The molecular weight excluding hydrogens is 290 g/mol. The number of carbonyl (C=O) groups excluding carboxylic acids is 2. The zero-order valence-electron chi connectivity index (χ0n) is 13.2. The second kappa shape index (κ2) is 7.89. The van der Waals surface area contributed by atoms with Crippen molar-refractivity contribution >= 4 is 23.7 Å². The summed E-state index contributed by atoms with van der Waals surface area (Å²) in [6.45, 7) is 3.79. The van der Waals surface area contributed by atoms with Gasteiger partial charge >= 0.3 is 0 Å². The molecule has 118 valence electrons. The molecular formula is C18H19N3O2. The molecule has 0 radical (unpaired) electrons. The first-order valence-electron chi connectivity index (χ1n) is 7.38. The van der Waals surface area contributed by atoms with E-state index in [2.05, 4.69) is 15.8 Å². The average molecular weight is 309 g/mol. The van der Waals surface area contributed by atoms with Crippen molar-refractivity contribution in [2.75, 3.05) is 5.32 Å². The summed E-state index contributed by atoms with van der Waals surface area (Å²) in [7, 11) is 0. The van der Waals surface area contributed by atoms with Gasteiger partial charge in [-0.3, -0.25) is 9.59 Å². The number of benzene rings is 2. The van der Waals surface area contributed by atoms with E-state index >= 15 is 0 Å². The van der Waals surface area contributed by atoms with Crippen LogP contribution in [0.4, 0.5) is 5.69 Å². The quantitative estimate of drug-likeness (QED) is 0.658. The predicted molar refractivity (Wildman–Crippen MR) is 91.6 cm³/mol. The number of nitrogens with zero attached hydrogens (tertiary/aromatic N) is 1. The Balaban J connectivity index is 1.92. The molecule has 2 N–H and O–H groups in total. The molecule has 2 aromatic rings. The minimum atomic E-state index is -0.304. The van der Waals surface area contributed by atoms with Gasteiger partial charge in [0.1, 0.15) is 0 Å². The number of hydrogen-bond donors (Lipinski definition) is 2. The van der Waals surface area contributed by atoms with Gasteiger partial charge in [0.2, 0.25) is 5.91 Å². The Morgan fingerprint density at radius 2 is 1.70 bits per heavy atom. The van der Waals surface area contributed by atoms with E-state index in [1.54, 1.807) is 37.4 Å². The van der Waals surface area contributed by atoms with Gasteiger partial charge in [-0.15, -0.1) is 0 Å². The Kier molecular flexibility index (Phi) is 5.63. The van der Waals surface area contributed by atoms with E-state index in [4.69, 9.17) is 0 Å². The van der Waals surface area contributed by atoms with Crippen LogP contribution in [0.15, 0.2) is 53.6 Å². The molecule has 5 nitrogen and oxygen atoms in total. The largest absolute Gasteiger partial charge is 0.326 e. The highest BCUT2D eigenvalue weighted by molar-refractivity contribution is 5.96. The molecule has 0 bridgehead atoms. The molecule has 0 unspecified atom stereocenters. The Bertz CT molecular complexity index is 704. The highest BCUT2D eigenvalue weighted by atomic mass is 16.2. The van der Waals surface area contributed by atoms with Crippen molar-refractivity contribution in [3.8, 4) is 0 Å². The first kappa shape index (κ1) is 16.4. The van der Waals surface area contributed by atoms with E-state index in [0.29, 0.717) is 17.7 Å². The number of nitrogens with one attached hydrogen (secondary N) is 2. The molecule has 0 spiro atoms. The number of carbonyl (C=O) groups is 2. The van der Waals surface area contributed by atoms with E-state index in [9.17, 15) is 9.59 Å². The summed E-state index contributed by atoms with van der Waals surface area (Å²) in [6, 6.07) is 14.5. The molecule has 5 heteroatoms. The third-order valence-corrected chi connectivity index (χ3v) is 3.21. The number of hydrazone groups is 1. The van der Waals surface area contributed by atoms with Crippen LogP contribution >= 0.6 is 0 Å². The van der Waals surface area contributed by atoms with Gasteiger partial charge in [0.15, 0.2) is 0 Å². The zero-order chi connectivity index (χ0) is 16.7. The van der Waals surface area contributed by atoms with Crippen LogP contribution in [0, 0.1) is 6.92 Å². The molecule has 0 aliphatic carbocycles. The van der Waals surface area contributed by atoms with Crippen LogP contribution in [-0.4, -0.2) is 18.0 Å². The molecule has 2 aromatic carbocycles. The average Bonchev–Trinajstić information content (AvgIpc) is 2.57. The number of anilines is 1. The number of hydrogen-bond acceptors (Lipinski definition) is 3. The van der Waals surface area contributed by atoms with E-state index in [1.165, 1.54) is 5.56 Å². The normalized spacial score (nSPS) is 10.5. The zero-order valence-corrected chi connectivity index (χ0v) is 13.2. The minimum Gasteiger partial charge on any atom is -0.326 e. The number of aryl methyl sites for hydroxylation is 1. The van der Waals surface area contributed by atoms with Crippen molar-refractivity contribution < 1.29 is 9.59 Å². The van der Waals surface area contributed by atoms with Crippen LogP contribution in [0.2, 0.25) is 0 Å². The van der Waals surface area contributed by atoms with Gasteiger partial charge in [-0.2, -0.15) is 5.10 Å². The standard InChI is InChI=1S/C18H19N3O2/c1-3-17(22)20-16-10-8-15(9-11-16)18(23)21-19-12-14-6-4-13(2)5-7-14/h4-12H,3H2,1-2H3,(H,20,22)(H,21,23). The van der Waals surface area contributed by atoms with Gasteiger partial charge in [0.25, 0.3) is 5.91 Å². The lowest BCUT2D eigenvalue weighted by atomic mass is 10.2. The maximum absolute atomic E-state index is 12.0. The van der Waals surface area contributed by atoms with E-state index < -0.39 is 0 Å². The van der Waals surface area contributed by atoms with E-state index in [1.807, 2.05) is 31.2 Å². The maximum Gasteiger partial charge on any atom is 0.271 e. The molecule has 0 saturated carbocycles. The highest BCUT2D eigenvalue weighted by Crippen LogP contribution is 2.10. The summed E-state index contributed by atoms with van der Waals surface area (Å²) in [5.74, 6) is -0.369. The van der Waals surface area contributed by atoms with Crippen LogP contribution in [0.3, 0.4) is 0 Å². The molecule has 0 heterocycles. The van der Waals surface area contributed by atoms with Gasteiger partial charge in [-0.05, 0) is 36.8 Å². The third kappa shape index (κ3) is 5.07. The fourth-order valence-corrected chi connectivity index (χ4v) is 1.84. The van der Waals surface area contributed by atoms with Crippen molar-refractivity contribution in [3.63, 3.8) is 0 Å². The summed E-state index contributed by atoms with van der Waals surface area (Å²) in [5, 5.41) is 6.66. The molecule has 0 aliphatic rings. The molecule has 0 aromatic heterocycles. The minimum absolute atomic E-state index is 0.0649. The van der Waals surface area contributed by atoms with Crippen molar-refractivity contribution in [1.82, 2.24) is 5.43 Å². The first-order valence-corrected chi connectivity index (χ1v) is 7.38. The molecule has 23 heavy (non-hydrogen) atoms. The SMILES string of the molecule is CCC(=O)Nc1ccc(C(=O)NN=Cc2ccc(C)cc2)cc1. The van der Waals surface area contributed by atoms with Crippen LogP contribution in [0.5, 0.6) is 0 Å². The molecule has 0 aliphatic heterocycles. The summed E-state index contributed by atoms with van der Waals surface area (Å²) in [4.78, 5) is 23.3. The number of rotatable bonds is 5. The second-order valence-electron chi connectivity index (χ2n) is 5.09. The Labute approximate surface area is 135 Å². The monoisotopic (exact) mass is 309 g/mol. The smallest absolute Gasteiger partial charge is 0.271 e. The summed E-state index contributed by atoms with van der Waals surface area (Å²) >= 11 is 0. The topological polar surface area (TPSA) is 70.6 Å². The maximum atomic E-state index is 12.0. The van der Waals surface area contributed by atoms with Gasteiger partial charge in [-0.1, -0.05) is 36.8 Å². The van der Waals surface area contributed by atoms with Gasteiger partial charge in [0, 0.05) is 17.7 Å². The highest BCUT2D eigenvalue weighted by Gasteiger charge is 2.05. The van der Waals surface area contributed by atoms with Gasteiger partial charge < -0.3 is 5.32 Å². The van der Waals surface area contributed by atoms with Crippen LogP contribution in [0.1, 0.15) is 34.8 Å². The van der Waals surface area contributed by atoms with Crippen molar-refractivity contribution in [3.05, 3.63) is 65.2 Å². The first-order chi connectivity index (χ1) is 11.1. The van der Waals surface area contributed by atoms with Crippen molar-refractivity contribution in [1.29, 1.82) is 0 Å². The van der Waals surface area contributed by atoms with E-state index in [-0.39, 0.29) is 11.8 Å². The second-order valence-corrected chi connectivity index (χ2v) is 5.09. The van der Waals surface area contributed by atoms with Crippen LogP contribution in [0.25, 0.3) is 0 Å². The Morgan fingerprint density at radius 3 is 2.30 bits per heavy atom. The molecule has 2 amide bonds. The summed E-state index contributed by atoms with van der Waals surface area (Å²) in [5.41, 5.74) is 5.69. The predicted octanol–water partition coefficient (Wildman–Crippen LogP) is 3.11. The lowest BCUT2D eigenvalue weighted by Crippen LogP contribution is -2.17. The van der Waals surface area contributed by atoms with Crippen LogP contribution < -0.4 is 10.7 Å².